The molecule has 0 amide bonds. The highest BCUT2D eigenvalue weighted by Crippen LogP contribution is 2.19. The number of nitrogens with one attached hydrogen (secondary N) is 2. The molecule has 1 atom stereocenters. The fourth-order valence-electron chi connectivity index (χ4n) is 2.93. The van der Waals surface area contributed by atoms with E-state index in [0.29, 0.717) is 25.6 Å². The third kappa shape index (κ3) is 5.49. The second kappa shape index (κ2) is 8.43. The van der Waals surface area contributed by atoms with Gasteiger partial charge in [0.25, 0.3) is 10.2 Å². The molecule has 0 aromatic carbocycles. The minimum absolute atomic E-state index is 0.0514. The Labute approximate surface area is 128 Å². The Kier molecular flexibility index (Phi) is 6.88. The quantitative estimate of drug-likeness (QED) is 0.647. The summed E-state index contributed by atoms with van der Waals surface area (Å²) in [5.41, 5.74) is 0. The van der Waals surface area contributed by atoms with E-state index in [-0.39, 0.29) is 6.10 Å². The van der Waals surface area contributed by atoms with Crippen molar-refractivity contribution < 1.29 is 13.2 Å². The Hall–Kier alpha value is -0.210. The van der Waals surface area contributed by atoms with Crippen molar-refractivity contribution >= 4 is 10.2 Å². The largest absolute Gasteiger partial charge is 0.377 e. The van der Waals surface area contributed by atoms with Gasteiger partial charge in [-0.3, -0.25) is 0 Å². The summed E-state index contributed by atoms with van der Waals surface area (Å²) >= 11 is 0. The van der Waals surface area contributed by atoms with Crippen LogP contribution in [0.4, 0.5) is 0 Å². The third-order valence-corrected chi connectivity index (χ3v) is 5.87. The lowest BCUT2D eigenvalue weighted by molar-refractivity contribution is 0.114. The molecule has 0 aliphatic carbocycles. The molecular formula is C14H29N3O3S. The van der Waals surface area contributed by atoms with Crippen molar-refractivity contribution in [1.29, 1.82) is 0 Å². The van der Waals surface area contributed by atoms with Crippen molar-refractivity contribution in [3.8, 4) is 0 Å². The van der Waals surface area contributed by atoms with Crippen molar-refractivity contribution in [2.24, 2.45) is 5.92 Å². The molecule has 0 bridgehead atoms. The van der Waals surface area contributed by atoms with E-state index in [1.807, 2.05) is 0 Å². The molecule has 2 fully saturated rings. The average Bonchev–Trinajstić information content (AvgIpc) is 3.00. The van der Waals surface area contributed by atoms with Crippen LogP contribution in [0.5, 0.6) is 0 Å². The molecule has 2 saturated heterocycles. The fourth-order valence-corrected chi connectivity index (χ4v) is 4.20. The number of hydrogen-bond donors (Lipinski definition) is 2. The molecular weight excluding hydrogens is 290 g/mol. The molecule has 0 spiro atoms. The summed E-state index contributed by atoms with van der Waals surface area (Å²) in [6, 6.07) is 0. The summed E-state index contributed by atoms with van der Waals surface area (Å²) in [7, 11) is -3.34. The second-order valence-electron chi connectivity index (χ2n) is 6.04. The zero-order chi connectivity index (χ0) is 15.1. The lowest BCUT2D eigenvalue weighted by atomic mass is 9.98. The van der Waals surface area contributed by atoms with Crippen molar-refractivity contribution in [2.75, 3.05) is 39.3 Å². The molecule has 2 heterocycles. The molecule has 2 rings (SSSR count). The van der Waals surface area contributed by atoms with Crippen LogP contribution in [0.25, 0.3) is 0 Å². The van der Waals surface area contributed by atoms with E-state index in [1.54, 1.807) is 4.31 Å². The normalized spacial score (nSPS) is 25.5. The summed E-state index contributed by atoms with van der Waals surface area (Å²) in [6.45, 7) is 6.61. The maximum absolute atomic E-state index is 12.3. The fraction of sp³-hybridized carbons (Fsp3) is 1.00. The molecule has 0 aromatic heterocycles. The molecule has 124 valence electrons. The number of ether oxygens (including phenoxy) is 1. The van der Waals surface area contributed by atoms with E-state index < -0.39 is 10.2 Å². The van der Waals surface area contributed by atoms with Crippen LogP contribution in [0.3, 0.4) is 0 Å². The van der Waals surface area contributed by atoms with Gasteiger partial charge in [-0.25, -0.2) is 0 Å². The van der Waals surface area contributed by atoms with Crippen LogP contribution in [-0.2, 0) is 14.9 Å². The van der Waals surface area contributed by atoms with Gasteiger partial charge in [0.2, 0.25) is 0 Å². The summed E-state index contributed by atoms with van der Waals surface area (Å²) in [5, 5.41) is 3.42. The lowest BCUT2D eigenvalue weighted by Gasteiger charge is -2.31. The molecule has 21 heavy (non-hydrogen) atoms. The molecule has 0 radical (unpaired) electrons. The summed E-state index contributed by atoms with van der Waals surface area (Å²) in [6.07, 6.45) is 5.06. The monoisotopic (exact) mass is 319 g/mol. The van der Waals surface area contributed by atoms with Gasteiger partial charge < -0.3 is 10.1 Å². The van der Waals surface area contributed by atoms with Gasteiger partial charge >= 0.3 is 0 Å². The number of rotatable bonds is 8. The summed E-state index contributed by atoms with van der Waals surface area (Å²) in [5.74, 6) is 0.598. The van der Waals surface area contributed by atoms with Gasteiger partial charge in [0.15, 0.2) is 0 Å². The Bertz CT molecular complexity index is 388. The number of hydrogen-bond acceptors (Lipinski definition) is 4. The Morgan fingerprint density at radius 1 is 1.19 bits per heavy atom. The minimum atomic E-state index is -3.34. The zero-order valence-corrected chi connectivity index (χ0v) is 13.8. The molecule has 1 unspecified atom stereocenters. The maximum Gasteiger partial charge on any atom is 0.279 e. The first-order chi connectivity index (χ1) is 10.1. The molecule has 2 aliphatic rings. The van der Waals surface area contributed by atoms with Crippen molar-refractivity contribution in [2.45, 2.75) is 45.1 Å². The van der Waals surface area contributed by atoms with Crippen LogP contribution in [0, 0.1) is 5.92 Å². The molecule has 2 aliphatic heterocycles. The maximum atomic E-state index is 12.3. The lowest BCUT2D eigenvalue weighted by Crippen LogP contribution is -2.47. The highest BCUT2D eigenvalue weighted by Gasteiger charge is 2.28. The van der Waals surface area contributed by atoms with E-state index in [9.17, 15) is 8.42 Å². The summed E-state index contributed by atoms with van der Waals surface area (Å²) < 4.78 is 34.2. The second-order valence-corrected chi connectivity index (χ2v) is 7.79. The van der Waals surface area contributed by atoms with Gasteiger partial charge in [-0.15, -0.1) is 0 Å². The molecule has 6 nitrogen and oxygen atoms in total. The van der Waals surface area contributed by atoms with E-state index in [4.69, 9.17) is 4.74 Å². The Morgan fingerprint density at radius 2 is 1.95 bits per heavy atom. The van der Waals surface area contributed by atoms with Gasteiger partial charge in [0, 0.05) is 26.2 Å². The third-order valence-electron chi connectivity index (χ3n) is 4.29. The first kappa shape index (κ1) is 17.1. The van der Waals surface area contributed by atoms with Crippen LogP contribution in [0.1, 0.15) is 39.0 Å². The summed E-state index contributed by atoms with van der Waals surface area (Å²) in [4.78, 5) is 0. The van der Waals surface area contributed by atoms with E-state index in [2.05, 4.69) is 17.0 Å². The minimum Gasteiger partial charge on any atom is -0.377 e. The molecule has 7 heteroatoms. The number of piperidine rings is 1. The molecule has 2 N–H and O–H groups in total. The van der Waals surface area contributed by atoms with Crippen molar-refractivity contribution in [1.82, 2.24) is 14.3 Å². The molecule has 0 saturated carbocycles. The van der Waals surface area contributed by atoms with E-state index in [1.165, 1.54) is 0 Å². The van der Waals surface area contributed by atoms with Gasteiger partial charge in [0.1, 0.15) is 0 Å². The van der Waals surface area contributed by atoms with Crippen molar-refractivity contribution in [3.05, 3.63) is 0 Å². The Morgan fingerprint density at radius 3 is 2.57 bits per heavy atom. The van der Waals surface area contributed by atoms with Crippen LogP contribution < -0.4 is 10.0 Å². The van der Waals surface area contributed by atoms with Gasteiger partial charge in [-0.05, 0) is 51.1 Å². The van der Waals surface area contributed by atoms with Crippen LogP contribution in [0.2, 0.25) is 0 Å². The predicted molar refractivity (Wildman–Crippen MR) is 83.4 cm³/mol. The van der Waals surface area contributed by atoms with Gasteiger partial charge in [0.05, 0.1) is 6.10 Å². The molecule has 0 aromatic rings. The van der Waals surface area contributed by atoms with Crippen LogP contribution >= 0.6 is 0 Å². The van der Waals surface area contributed by atoms with Crippen LogP contribution in [-0.4, -0.2) is 58.2 Å². The standard InChI is InChI=1S/C14H29N3O3S/c1-2-7-15-11-13-5-8-17(9-6-13)21(18,19)16-12-14-4-3-10-20-14/h13-16H,2-12H2,1H3. The van der Waals surface area contributed by atoms with Crippen molar-refractivity contribution in [3.63, 3.8) is 0 Å². The average molecular weight is 319 g/mol. The first-order valence-corrected chi connectivity index (χ1v) is 9.63. The van der Waals surface area contributed by atoms with Gasteiger partial charge in [-0.1, -0.05) is 6.92 Å². The zero-order valence-electron chi connectivity index (χ0n) is 13.0. The highest BCUT2D eigenvalue weighted by molar-refractivity contribution is 7.87. The smallest absolute Gasteiger partial charge is 0.279 e. The van der Waals surface area contributed by atoms with Gasteiger partial charge in [-0.2, -0.15) is 17.4 Å². The number of nitrogens with zero attached hydrogens (tertiary/aromatic N) is 1. The topological polar surface area (TPSA) is 70.7 Å². The van der Waals surface area contributed by atoms with Crippen LogP contribution in [0.15, 0.2) is 0 Å². The van der Waals surface area contributed by atoms with E-state index >= 15 is 0 Å². The predicted octanol–water partition coefficient (Wildman–Crippen LogP) is 0.711. The van der Waals surface area contributed by atoms with E-state index in [0.717, 1.165) is 51.8 Å². The SMILES string of the molecule is CCCNCC1CCN(S(=O)(=O)NCC2CCCO2)CC1. The first-order valence-electron chi connectivity index (χ1n) is 8.19. The Balaban J connectivity index is 1.69. The highest BCUT2D eigenvalue weighted by atomic mass is 32.2.